The number of nitrogens with zero attached hydrogens (tertiary/aromatic N) is 5. The molecule has 1 amide bonds. The lowest BCUT2D eigenvalue weighted by Gasteiger charge is -2.22. The molecule has 35 heavy (non-hydrogen) atoms. The zero-order valence-corrected chi connectivity index (χ0v) is 19.9. The predicted molar refractivity (Wildman–Crippen MR) is 133 cm³/mol. The lowest BCUT2D eigenvalue weighted by atomic mass is 9.98. The molecular weight excluding hydrogens is 446 g/mol. The highest BCUT2D eigenvalue weighted by molar-refractivity contribution is 6.06. The maximum atomic E-state index is 13.1. The Morgan fingerprint density at radius 3 is 2.71 bits per heavy atom. The normalized spacial score (nSPS) is 12.3. The molecule has 0 aliphatic rings. The second-order valence-corrected chi connectivity index (χ2v) is 8.66. The lowest BCUT2D eigenvalue weighted by molar-refractivity contribution is -0.116. The third-order valence-corrected chi connectivity index (χ3v) is 6.27. The van der Waals surface area contributed by atoms with Crippen LogP contribution >= 0.6 is 0 Å². The van der Waals surface area contributed by atoms with Crippen molar-refractivity contribution in [3.05, 3.63) is 70.4 Å². The first-order valence-corrected chi connectivity index (χ1v) is 11.2. The van der Waals surface area contributed by atoms with Gasteiger partial charge in [-0.25, -0.2) is 4.79 Å². The summed E-state index contributed by atoms with van der Waals surface area (Å²) in [6, 6.07) is 9.17. The fourth-order valence-corrected chi connectivity index (χ4v) is 4.67. The molecule has 1 unspecified atom stereocenters. The Kier molecular flexibility index (Phi) is 5.35. The molecule has 0 radical (unpaired) electrons. The van der Waals surface area contributed by atoms with Gasteiger partial charge in [0, 0.05) is 35.4 Å². The fraction of sp³-hybridized carbons (Fsp3) is 0.240. The van der Waals surface area contributed by atoms with Crippen LogP contribution < -0.4 is 16.3 Å². The van der Waals surface area contributed by atoms with Crippen molar-refractivity contribution in [1.29, 1.82) is 0 Å². The van der Waals surface area contributed by atoms with Gasteiger partial charge < -0.3 is 20.1 Å². The summed E-state index contributed by atoms with van der Waals surface area (Å²) in [5.41, 5.74) is 11.1. The second kappa shape index (κ2) is 8.39. The summed E-state index contributed by atoms with van der Waals surface area (Å²) in [6.45, 7) is 5.65. The van der Waals surface area contributed by atoms with Crippen LogP contribution in [0.1, 0.15) is 30.1 Å². The van der Waals surface area contributed by atoms with E-state index in [-0.39, 0.29) is 18.3 Å². The molecule has 0 saturated heterocycles. The van der Waals surface area contributed by atoms with Crippen molar-refractivity contribution < 1.29 is 9.32 Å². The van der Waals surface area contributed by atoms with Crippen LogP contribution in [0.4, 0.5) is 5.69 Å². The quantitative estimate of drug-likeness (QED) is 0.388. The summed E-state index contributed by atoms with van der Waals surface area (Å²) >= 11 is 0. The molecule has 5 aromatic rings. The number of benzene rings is 1. The highest BCUT2D eigenvalue weighted by Crippen LogP contribution is 2.39. The molecular formula is C25H25N7O3. The highest BCUT2D eigenvalue weighted by atomic mass is 16.5. The molecule has 0 spiro atoms. The summed E-state index contributed by atoms with van der Waals surface area (Å²) in [7, 11) is 1.79. The number of nitrogens with one attached hydrogen (secondary N) is 1. The molecule has 1 aromatic carbocycles. The van der Waals surface area contributed by atoms with Crippen LogP contribution in [0.3, 0.4) is 0 Å². The number of hydrogen-bond acceptors (Lipinski definition) is 7. The van der Waals surface area contributed by atoms with Crippen molar-refractivity contribution in [3.63, 3.8) is 0 Å². The molecule has 10 heteroatoms. The largest absolute Gasteiger partial charge is 0.368 e. The standard InChI is InChI=1S/C25H25N7O3/c1-13-23(15(3)35-30-13)17-9-19-16(10-21(17)31(4)12-22(26)33)24-20(11-28-19)29-25(34)32(24)14(2)18-7-5-6-8-27-18/h5-11,14H,12H2,1-4H3,(H2,26,33)(H,29,34). The number of primary amides is 1. The maximum Gasteiger partial charge on any atom is 0.327 e. The molecule has 178 valence electrons. The van der Waals surface area contributed by atoms with E-state index in [4.69, 9.17) is 10.3 Å². The number of aromatic amines is 1. The number of hydrogen-bond donors (Lipinski definition) is 2. The Morgan fingerprint density at radius 1 is 1.26 bits per heavy atom. The molecule has 3 N–H and O–H groups in total. The molecule has 1 atom stereocenters. The van der Waals surface area contributed by atoms with Crippen molar-refractivity contribution in [1.82, 2.24) is 24.7 Å². The topological polar surface area (TPSA) is 136 Å². The Balaban J connectivity index is 1.84. The smallest absolute Gasteiger partial charge is 0.327 e. The number of likely N-dealkylation sites (N-methyl/N-ethyl adjacent to an activating group) is 1. The van der Waals surface area contributed by atoms with E-state index in [0.29, 0.717) is 22.3 Å². The number of fused-ring (bicyclic) bond motifs is 3. The Bertz CT molecular complexity index is 1610. The summed E-state index contributed by atoms with van der Waals surface area (Å²) < 4.78 is 7.10. The number of aryl methyl sites for hydroxylation is 2. The summed E-state index contributed by atoms with van der Waals surface area (Å²) in [5, 5.41) is 4.85. The first-order chi connectivity index (χ1) is 16.8. The van der Waals surface area contributed by atoms with Gasteiger partial charge in [0.1, 0.15) is 5.76 Å². The summed E-state index contributed by atoms with van der Waals surface area (Å²) in [6.07, 6.45) is 3.36. The maximum absolute atomic E-state index is 13.1. The minimum atomic E-state index is -0.462. The lowest BCUT2D eigenvalue weighted by Crippen LogP contribution is -2.30. The Hall–Kier alpha value is -4.47. The van der Waals surface area contributed by atoms with Crippen LogP contribution in [0, 0.1) is 13.8 Å². The van der Waals surface area contributed by atoms with Gasteiger partial charge in [-0.3, -0.25) is 19.3 Å². The number of anilines is 1. The fourth-order valence-electron chi connectivity index (χ4n) is 4.67. The SMILES string of the molecule is Cc1noc(C)c1-c1cc2ncc3[nH]c(=O)n(C(C)c4ccccn4)c3c2cc1N(C)CC(N)=O. The molecule has 0 bridgehead atoms. The first-order valence-electron chi connectivity index (χ1n) is 11.2. The van der Waals surface area contributed by atoms with E-state index in [2.05, 4.69) is 20.1 Å². The number of nitrogens with two attached hydrogens (primary N) is 1. The van der Waals surface area contributed by atoms with Gasteiger partial charge in [-0.1, -0.05) is 11.2 Å². The van der Waals surface area contributed by atoms with E-state index >= 15 is 0 Å². The molecule has 0 saturated carbocycles. The van der Waals surface area contributed by atoms with E-state index in [1.165, 1.54) is 0 Å². The third-order valence-electron chi connectivity index (χ3n) is 6.27. The Morgan fingerprint density at radius 2 is 2.06 bits per heavy atom. The van der Waals surface area contributed by atoms with Crippen molar-refractivity contribution in [2.24, 2.45) is 5.73 Å². The minimum absolute atomic E-state index is 0.00949. The summed E-state index contributed by atoms with van der Waals surface area (Å²) in [5.74, 6) is 0.190. The minimum Gasteiger partial charge on any atom is -0.368 e. The van der Waals surface area contributed by atoms with Crippen LogP contribution in [0.2, 0.25) is 0 Å². The molecule has 5 rings (SSSR count). The van der Waals surface area contributed by atoms with Gasteiger partial charge in [0.2, 0.25) is 5.91 Å². The molecule has 4 heterocycles. The number of H-pyrrole nitrogens is 1. The number of carbonyl (C=O) groups is 1. The number of imidazole rings is 1. The highest BCUT2D eigenvalue weighted by Gasteiger charge is 2.23. The van der Waals surface area contributed by atoms with Crippen molar-refractivity contribution in [2.45, 2.75) is 26.8 Å². The van der Waals surface area contributed by atoms with E-state index in [1.807, 2.05) is 51.1 Å². The molecule has 10 nitrogen and oxygen atoms in total. The third kappa shape index (κ3) is 3.72. The first kappa shape index (κ1) is 22.3. The Labute approximate surface area is 200 Å². The van der Waals surface area contributed by atoms with Gasteiger partial charge in [-0.15, -0.1) is 0 Å². The zero-order valence-electron chi connectivity index (χ0n) is 19.9. The monoisotopic (exact) mass is 471 g/mol. The van der Waals surface area contributed by atoms with Gasteiger partial charge in [0.05, 0.1) is 46.7 Å². The molecule has 0 aliphatic heterocycles. The summed E-state index contributed by atoms with van der Waals surface area (Å²) in [4.78, 5) is 38.6. The second-order valence-electron chi connectivity index (χ2n) is 8.66. The molecule has 0 fully saturated rings. The van der Waals surface area contributed by atoms with E-state index in [0.717, 1.165) is 33.6 Å². The average Bonchev–Trinajstić information content (AvgIpc) is 3.35. The average molecular weight is 472 g/mol. The van der Waals surface area contributed by atoms with Gasteiger partial charge in [-0.2, -0.15) is 0 Å². The van der Waals surface area contributed by atoms with Gasteiger partial charge in [0.15, 0.2) is 0 Å². The van der Waals surface area contributed by atoms with Crippen molar-refractivity contribution in [2.75, 3.05) is 18.5 Å². The van der Waals surface area contributed by atoms with Gasteiger partial charge in [-0.05, 0) is 45.0 Å². The van der Waals surface area contributed by atoms with Gasteiger partial charge in [0.25, 0.3) is 0 Å². The molecule has 0 aliphatic carbocycles. The number of rotatable bonds is 6. The van der Waals surface area contributed by atoms with Crippen molar-refractivity contribution in [3.8, 4) is 11.1 Å². The number of amides is 1. The van der Waals surface area contributed by atoms with E-state index in [1.54, 1.807) is 28.9 Å². The van der Waals surface area contributed by atoms with Crippen molar-refractivity contribution >= 4 is 33.5 Å². The van der Waals surface area contributed by atoms with Crippen LogP contribution in [-0.4, -0.2) is 44.2 Å². The van der Waals surface area contributed by atoms with Crippen LogP contribution in [0.5, 0.6) is 0 Å². The van der Waals surface area contributed by atoms with E-state index < -0.39 is 5.91 Å². The number of carbonyl (C=O) groups excluding carboxylic acids is 1. The van der Waals surface area contributed by atoms with Gasteiger partial charge >= 0.3 is 5.69 Å². The van der Waals surface area contributed by atoms with E-state index in [9.17, 15) is 9.59 Å². The van der Waals surface area contributed by atoms with Crippen LogP contribution in [-0.2, 0) is 4.79 Å². The molecule has 4 aromatic heterocycles. The zero-order chi connectivity index (χ0) is 24.9. The van der Waals surface area contributed by atoms with Crippen LogP contribution in [0.25, 0.3) is 33.1 Å². The number of aromatic nitrogens is 5. The predicted octanol–water partition coefficient (Wildman–Crippen LogP) is 3.08. The number of pyridine rings is 2. The van der Waals surface area contributed by atoms with Crippen LogP contribution in [0.15, 0.2) is 52.0 Å².